The van der Waals surface area contributed by atoms with Gasteiger partial charge in [-0.3, -0.25) is 14.5 Å². The van der Waals surface area contributed by atoms with Gasteiger partial charge in [-0.1, -0.05) is 67.8 Å². The smallest absolute Gasteiger partial charge is 0.313 e. The minimum absolute atomic E-state index is 0.0282. The van der Waals surface area contributed by atoms with E-state index >= 15 is 0 Å². The SMILES string of the molecule is C=C[C@H]1O[C@H]2C=CCN([C@H](Cc3ccccc3)C(=O)NC3CCCCC3)[C@H]2[C@@H]1C(=O)OC. The average molecular weight is 439 g/mol. The number of hydrogen-bond acceptors (Lipinski definition) is 5. The van der Waals surface area contributed by atoms with Gasteiger partial charge in [0.15, 0.2) is 0 Å². The molecule has 32 heavy (non-hydrogen) atoms. The fourth-order valence-corrected chi connectivity index (χ4v) is 5.43. The Balaban J connectivity index is 1.63. The van der Waals surface area contributed by atoms with Crippen LogP contribution < -0.4 is 5.32 Å². The van der Waals surface area contributed by atoms with Crippen molar-refractivity contribution in [2.45, 2.75) is 68.9 Å². The molecule has 1 aromatic carbocycles. The van der Waals surface area contributed by atoms with Crippen molar-refractivity contribution in [3.63, 3.8) is 0 Å². The molecule has 1 saturated heterocycles. The number of esters is 1. The first kappa shape index (κ1) is 22.7. The van der Waals surface area contributed by atoms with Crippen molar-refractivity contribution < 1.29 is 19.1 Å². The van der Waals surface area contributed by atoms with Crippen molar-refractivity contribution in [2.75, 3.05) is 13.7 Å². The minimum atomic E-state index is -0.520. The Hall–Kier alpha value is -2.44. The lowest BCUT2D eigenvalue weighted by molar-refractivity contribution is -0.149. The van der Waals surface area contributed by atoms with Crippen LogP contribution in [0.15, 0.2) is 55.1 Å². The maximum absolute atomic E-state index is 13.6. The summed E-state index contributed by atoms with van der Waals surface area (Å²) in [5.74, 6) is -0.817. The first-order chi connectivity index (χ1) is 15.6. The number of ether oxygens (including phenoxy) is 2. The van der Waals surface area contributed by atoms with Gasteiger partial charge in [-0.25, -0.2) is 0 Å². The molecule has 0 bridgehead atoms. The molecule has 0 unspecified atom stereocenters. The van der Waals surface area contributed by atoms with Gasteiger partial charge in [-0.05, 0) is 24.8 Å². The first-order valence-corrected chi connectivity index (χ1v) is 11.7. The van der Waals surface area contributed by atoms with E-state index in [1.807, 2.05) is 42.5 Å². The molecule has 0 radical (unpaired) electrons. The number of methoxy groups -OCH3 is 1. The van der Waals surface area contributed by atoms with Crippen LogP contribution in [0.5, 0.6) is 0 Å². The molecule has 3 aliphatic rings. The zero-order chi connectivity index (χ0) is 22.5. The molecule has 1 amide bonds. The van der Waals surface area contributed by atoms with Crippen LogP contribution >= 0.6 is 0 Å². The first-order valence-electron chi connectivity index (χ1n) is 11.7. The van der Waals surface area contributed by atoms with Crippen LogP contribution in [0.2, 0.25) is 0 Å². The highest BCUT2D eigenvalue weighted by Crippen LogP contribution is 2.37. The highest BCUT2D eigenvalue weighted by Gasteiger charge is 2.52. The summed E-state index contributed by atoms with van der Waals surface area (Å²) in [5, 5.41) is 3.32. The van der Waals surface area contributed by atoms with Gasteiger partial charge in [0.1, 0.15) is 5.92 Å². The molecule has 4 rings (SSSR count). The summed E-state index contributed by atoms with van der Waals surface area (Å²) in [5.41, 5.74) is 1.09. The molecule has 172 valence electrons. The summed E-state index contributed by atoms with van der Waals surface area (Å²) in [6, 6.07) is 9.61. The molecular formula is C26H34N2O4. The molecule has 6 nitrogen and oxygen atoms in total. The molecule has 1 saturated carbocycles. The van der Waals surface area contributed by atoms with Crippen LogP contribution in [-0.4, -0.2) is 60.8 Å². The van der Waals surface area contributed by atoms with Crippen molar-refractivity contribution in [2.24, 2.45) is 5.92 Å². The van der Waals surface area contributed by atoms with E-state index in [1.54, 1.807) is 6.08 Å². The second kappa shape index (κ2) is 10.5. The van der Waals surface area contributed by atoms with E-state index in [-0.39, 0.29) is 30.1 Å². The van der Waals surface area contributed by atoms with E-state index < -0.39 is 18.1 Å². The molecule has 5 atom stereocenters. The Labute approximate surface area is 190 Å². The summed E-state index contributed by atoms with van der Waals surface area (Å²) < 4.78 is 11.3. The van der Waals surface area contributed by atoms with Crippen molar-refractivity contribution >= 4 is 11.9 Å². The predicted molar refractivity (Wildman–Crippen MR) is 123 cm³/mol. The number of hydrogen-bond donors (Lipinski definition) is 1. The number of carbonyl (C=O) groups is 2. The molecule has 2 aliphatic heterocycles. The molecule has 0 spiro atoms. The lowest BCUT2D eigenvalue weighted by Crippen LogP contribution is -2.59. The standard InChI is InChI=1S/C26H34N2O4/c1-3-21-23(26(30)31-2)24-22(32-21)15-10-16-28(24)20(17-18-11-6-4-7-12-18)25(29)27-19-13-8-5-9-14-19/h3-4,6-7,10-12,15,19-24H,1,5,8-9,13-14,16-17H2,2H3,(H,27,29)/t20-,21-,22+,23-,24-/m1/s1. The third-order valence-corrected chi connectivity index (χ3v) is 7.03. The molecule has 2 fully saturated rings. The van der Waals surface area contributed by atoms with E-state index in [0.29, 0.717) is 13.0 Å². The topological polar surface area (TPSA) is 67.9 Å². The van der Waals surface area contributed by atoms with Gasteiger partial charge in [0.05, 0.1) is 31.4 Å². The van der Waals surface area contributed by atoms with Gasteiger partial charge < -0.3 is 14.8 Å². The Morgan fingerprint density at radius 3 is 2.69 bits per heavy atom. The Morgan fingerprint density at radius 2 is 2.00 bits per heavy atom. The van der Waals surface area contributed by atoms with Crippen LogP contribution in [0.3, 0.4) is 0 Å². The maximum atomic E-state index is 13.6. The molecule has 1 N–H and O–H groups in total. The number of rotatable bonds is 7. The second-order valence-electron chi connectivity index (χ2n) is 9.01. The minimum Gasteiger partial charge on any atom is -0.469 e. The van der Waals surface area contributed by atoms with Gasteiger partial charge in [-0.15, -0.1) is 6.58 Å². The largest absolute Gasteiger partial charge is 0.469 e. The zero-order valence-corrected chi connectivity index (χ0v) is 18.8. The van der Waals surface area contributed by atoms with Crippen molar-refractivity contribution in [3.05, 3.63) is 60.7 Å². The quantitative estimate of drug-likeness (QED) is 0.524. The van der Waals surface area contributed by atoms with E-state index in [4.69, 9.17) is 9.47 Å². The van der Waals surface area contributed by atoms with Crippen LogP contribution in [0.4, 0.5) is 0 Å². The third kappa shape index (κ3) is 4.81. The second-order valence-corrected chi connectivity index (χ2v) is 9.01. The van der Waals surface area contributed by atoms with E-state index in [0.717, 1.165) is 31.2 Å². The van der Waals surface area contributed by atoms with Gasteiger partial charge >= 0.3 is 5.97 Å². The van der Waals surface area contributed by atoms with Gasteiger partial charge in [0.25, 0.3) is 0 Å². The molecular weight excluding hydrogens is 404 g/mol. The summed E-state index contributed by atoms with van der Waals surface area (Å²) in [4.78, 5) is 28.5. The van der Waals surface area contributed by atoms with E-state index in [1.165, 1.54) is 13.5 Å². The summed E-state index contributed by atoms with van der Waals surface area (Å²) in [7, 11) is 1.40. The normalized spacial score (nSPS) is 29.2. The van der Waals surface area contributed by atoms with Crippen molar-refractivity contribution in [1.29, 1.82) is 0 Å². The number of carbonyl (C=O) groups excluding carboxylic acids is 2. The fraction of sp³-hybridized carbons (Fsp3) is 0.538. The number of nitrogens with one attached hydrogen (secondary N) is 1. The fourth-order valence-electron chi connectivity index (χ4n) is 5.43. The van der Waals surface area contributed by atoms with Crippen LogP contribution in [0.25, 0.3) is 0 Å². The average Bonchev–Trinajstić information content (AvgIpc) is 3.22. The number of amides is 1. The molecule has 6 heteroatoms. The monoisotopic (exact) mass is 438 g/mol. The van der Waals surface area contributed by atoms with E-state index in [2.05, 4.69) is 16.8 Å². The number of fused-ring (bicyclic) bond motifs is 1. The molecule has 0 aromatic heterocycles. The lowest BCUT2D eigenvalue weighted by atomic mass is 9.87. The van der Waals surface area contributed by atoms with Gasteiger partial charge in [0.2, 0.25) is 5.91 Å². The summed E-state index contributed by atoms with van der Waals surface area (Å²) in [6.45, 7) is 4.44. The maximum Gasteiger partial charge on any atom is 0.313 e. The third-order valence-electron chi connectivity index (χ3n) is 7.03. The Morgan fingerprint density at radius 1 is 1.25 bits per heavy atom. The Bertz CT molecular complexity index is 833. The van der Waals surface area contributed by atoms with Crippen LogP contribution in [0, 0.1) is 5.92 Å². The summed E-state index contributed by atoms with van der Waals surface area (Å²) in [6.07, 6.45) is 11.2. The summed E-state index contributed by atoms with van der Waals surface area (Å²) >= 11 is 0. The van der Waals surface area contributed by atoms with Gasteiger partial charge in [0, 0.05) is 12.6 Å². The molecule has 2 heterocycles. The van der Waals surface area contributed by atoms with Gasteiger partial charge in [-0.2, -0.15) is 0 Å². The lowest BCUT2D eigenvalue weighted by Gasteiger charge is -2.41. The number of nitrogens with zero attached hydrogens (tertiary/aromatic N) is 1. The molecule has 1 aromatic rings. The predicted octanol–water partition coefficient (Wildman–Crippen LogP) is 3.03. The van der Waals surface area contributed by atoms with Crippen LogP contribution in [-0.2, 0) is 25.5 Å². The van der Waals surface area contributed by atoms with Crippen molar-refractivity contribution in [1.82, 2.24) is 10.2 Å². The van der Waals surface area contributed by atoms with Crippen LogP contribution in [0.1, 0.15) is 37.7 Å². The van der Waals surface area contributed by atoms with Crippen molar-refractivity contribution in [3.8, 4) is 0 Å². The zero-order valence-electron chi connectivity index (χ0n) is 18.8. The highest BCUT2D eigenvalue weighted by atomic mass is 16.5. The van der Waals surface area contributed by atoms with E-state index in [9.17, 15) is 9.59 Å². The highest BCUT2D eigenvalue weighted by molar-refractivity contribution is 5.83. The molecule has 1 aliphatic carbocycles. The Kier molecular flexibility index (Phi) is 7.43. The number of benzene rings is 1.